The number of carbonyl (C=O) groups is 2. The lowest BCUT2D eigenvalue weighted by Gasteiger charge is -2.16. The van der Waals surface area contributed by atoms with Crippen molar-refractivity contribution in [2.24, 2.45) is 0 Å². The maximum absolute atomic E-state index is 11.4. The summed E-state index contributed by atoms with van der Waals surface area (Å²) in [5.41, 5.74) is 0. The van der Waals surface area contributed by atoms with Crippen LogP contribution in [0.1, 0.15) is 12.8 Å². The summed E-state index contributed by atoms with van der Waals surface area (Å²) < 4.78 is 0. The molecule has 80 valence electrons. The van der Waals surface area contributed by atoms with E-state index in [9.17, 15) is 9.59 Å². The number of likely N-dealkylation sites (N-methyl/N-ethyl adjacent to an activating group) is 2. The standard InChI is InChI=1S/C9H17N3O2/c1-10-8(13)6-12(2)9(14)5-11-7-3-4-7/h7,11H,3-6H2,1-2H3,(H,10,13). The van der Waals surface area contributed by atoms with Gasteiger partial charge in [-0.05, 0) is 12.8 Å². The number of carbonyl (C=O) groups excluding carboxylic acids is 2. The molecule has 2 amide bonds. The molecule has 0 heterocycles. The van der Waals surface area contributed by atoms with Crippen molar-refractivity contribution in [3.8, 4) is 0 Å². The summed E-state index contributed by atoms with van der Waals surface area (Å²) >= 11 is 0. The van der Waals surface area contributed by atoms with Crippen LogP contribution >= 0.6 is 0 Å². The fourth-order valence-corrected chi connectivity index (χ4v) is 1.04. The maximum Gasteiger partial charge on any atom is 0.239 e. The van der Waals surface area contributed by atoms with Gasteiger partial charge in [0.25, 0.3) is 0 Å². The number of amides is 2. The van der Waals surface area contributed by atoms with Gasteiger partial charge in [-0.25, -0.2) is 0 Å². The van der Waals surface area contributed by atoms with E-state index in [1.54, 1.807) is 14.1 Å². The van der Waals surface area contributed by atoms with E-state index in [0.29, 0.717) is 12.6 Å². The largest absolute Gasteiger partial charge is 0.358 e. The molecule has 1 aliphatic rings. The molecule has 0 aromatic heterocycles. The first-order valence-electron chi connectivity index (χ1n) is 4.81. The molecule has 0 aliphatic heterocycles. The second-order valence-corrected chi connectivity index (χ2v) is 3.58. The fraction of sp³-hybridized carbons (Fsp3) is 0.778. The number of hydrogen-bond acceptors (Lipinski definition) is 3. The summed E-state index contributed by atoms with van der Waals surface area (Å²) in [5, 5.41) is 5.58. The Labute approximate surface area is 83.8 Å². The monoisotopic (exact) mass is 199 g/mol. The Hall–Kier alpha value is -1.10. The van der Waals surface area contributed by atoms with Crippen LogP contribution in [-0.4, -0.2) is 49.9 Å². The summed E-state index contributed by atoms with van der Waals surface area (Å²) in [6, 6.07) is 0.521. The molecule has 0 spiro atoms. The van der Waals surface area contributed by atoms with Gasteiger partial charge < -0.3 is 15.5 Å². The predicted octanol–water partition coefficient (Wildman–Crippen LogP) is -1.06. The number of rotatable bonds is 5. The summed E-state index contributed by atoms with van der Waals surface area (Å²) in [6.45, 7) is 0.458. The lowest BCUT2D eigenvalue weighted by Crippen LogP contribution is -2.41. The second kappa shape index (κ2) is 4.95. The molecule has 1 aliphatic carbocycles. The van der Waals surface area contributed by atoms with Crippen LogP contribution < -0.4 is 10.6 Å². The molecule has 0 atom stereocenters. The molecular weight excluding hydrogens is 182 g/mol. The van der Waals surface area contributed by atoms with Gasteiger partial charge in [0.2, 0.25) is 11.8 Å². The molecule has 2 N–H and O–H groups in total. The highest BCUT2D eigenvalue weighted by Gasteiger charge is 2.22. The smallest absolute Gasteiger partial charge is 0.239 e. The van der Waals surface area contributed by atoms with Crippen molar-refractivity contribution in [3.05, 3.63) is 0 Å². The van der Waals surface area contributed by atoms with Crippen LogP contribution in [0.5, 0.6) is 0 Å². The zero-order chi connectivity index (χ0) is 10.6. The minimum atomic E-state index is -0.146. The van der Waals surface area contributed by atoms with Crippen molar-refractivity contribution in [2.45, 2.75) is 18.9 Å². The molecule has 14 heavy (non-hydrogen) atoms. The Bertz CT molecular complexity index is 226. The Morgan fingerprint density at radius 1 is 1.43 bits per heavy atom. The molecule has 0 unspecified atom stereocenters. The summed E-state index contributed by atoms with van der Waals surface area (Å²) in [4.78, 5) is 23.8. The highest BCUT2D eigenvalue weighted by atomic mass is 16.2. The Morgan fingerprint density at radius 3 is 2.57 bits per heavy atom. The van der Waals surface area contributed by atoms with Crippen molar-refractivity contribution >= 4 is 11.8 Å². The minimum absolute atomic E-state index is 0.0412. The van der Waals surface area contributed by atoms with Gasteiger partial charge in [0.15, 0.2) is 0 Å². The molecule has 0 aromatic carbocycles. The van der Waals surface area contributed by atoms with Crippen LogP contribution in [0.3, 0.4) is 0 Å². The van der Waals surface area contributed by atoms with E-state index in [-0.39, 0.29) is 18.4 Å². The molecule has 5 heteroatoms. The van der Waals surface area contributed by atoms with Crippen molar-refractivity contribution in [2.75, 3.05) is 27.2 Å². The van der Waals surface area contributed by atoms with E-state index < -0.39 is 0 Å². The maximum atomic E-state index is 11.4. The predicted molar refractivity (Wildman–Crippen MR) is 52.7 cm³/mol. The highest BCUT2D eigenvalue weighted by molar-refractivity contribution is 5.85. The lowest BCUT2D eigenvalue weighted by atomic mass is 10.4. The van der Waals surface area contributed by atoms with Gasteiger partial charge >= 0.3 is 0 Å². The zero-order valence-corrected chi connectivity index (χ0v) is 8.67. The van der Waals surface area contributed by atoms with Crippen LogP contribution in [0.25, 0.3) is 0 Å². The minimum Gasteiger partial charge on any atom is -0.358 e. The van der Waals surface area contributed by atoms with E-state index in [1.165, 1.54) is 4.90 Å². The van der Waals surface area contributed by atoms with Crippen LogP contribution in [0.15, 0.2) is 0 Å². The van der Waals surface area contributed by atoms with Crippen LogP contribution in [-0.2, 0) is 9.59 Å². The van der Waals surface area contributed by atoms with Gasteiger partial charge in [0.1, 0.15) is 0 Å². The Morgan fingerprint density at radius 2 is 2.07 bits per heavy atom. The van der Waals surface area contributed by atoms with E-state index in [2.05, 4.69) is 10.6 Å². The van der Waals surface area contributed by atoms with E-state index in [1.807, 2.05) is 0 Å². The normalized spacial score (nSPS) is 15.0. The van der Waals surface area contributed by atoms with Crippen LogP contribution in [0.2, 0.25) is 0 Å². The van der Waals surface area contributed by atoms with Gasteiger partial charge in [0.05, 0.1) is 13.1 Å². The summed E-state index contributed by atoms with van der Waals surface area (Å²) in [5.74, 6) is -0.187. The van der Waals surface area contributed by atoms with E-state index >= 15 is 0 Å². The van der Waals surface area contributed by atoms with Crippen LogP contribution in [0, 0.1) is 0 Å². The quantitative estimate of drug-likeness (QED) is 0.593. The van der Waals surface area contributed by atoms with Crippen LogP contribution in [0.4, 0.5) is 0 Å². The third kappa shape index (κ3) is 3.74. The topological polar surface area (TPSA) is 61.4 Å². The van der Waals surface area contributed by atoms with Gasteiger partial charge in [-0.15, -0.1) is 0 Å². The molecule has 0 aromatic rings. The fourth-order valence-electron chi connectivity index (χ4n) is 1.04. The van der Waals surface area contributed by atoms with E-state index in [0.717, 1.165) is 12.8 Å². The van der Waals surface area contributed by atoms with Crippen molar-refractivity contribution in [1.29, 1.82) is 0 Å². The number of nitrogens with one attached hydrogen (secondary N) is 2. The van der Waals surface area contributed by atoms with Crippen molar-refractivity contribution in [3.63, 3.8) is 0 Å². The molecule has 1 fully saturated rings. The third-order valence-corrected chi connectivity index (χ3v) is 2.20. The average Bonchev–Trinajstić information content (AvgIpc) is 2.97. The summed E-state index contributed by atoms with van der Waals surface area (Å²) in [6.07, 6.45) is 2.32. The van der Waals surface area contributed by atoms with E-state index in [4.69, 9.17) is 0 Å². The zero-order valence-electron chi connectivity index (χ0n) is 8.67. The first-order chi connectivity index (χ1) is 6.63. The molecule has 1 saturated carbocycles. The number of nitrogens with zero attached hydrogens (tertiary/aromatic N) is 1. The first kappa shape index (κ1) is 11.0. The molecular formula is C9H17N3O2. The molecule has 0 radical (unpaired) electrons. The summed E-state index contributed by atoms with van der Waals surface area (Å²) in [7, 11) is 3.19. The lowest BCUT2D eigenvalue weighted by molar-refractivity contribution is -0.133. The Balaban J connectivity index is 2.17. The highest BCUT2D eigenvalue weighted by Crippen LogP contribution is 2.17. The van der Waals surface area contributed by atoms with Crippen molar-refractivity contribution < 1.29 is 9.59 Å². The molecule has 0 bridgehead atoms. The SMILES string of the molecule is CNC(=O)CN(C)C(=O)CNC1CC1. The third-order valence-electron chi connectivity index (χ3n) is 2.20. The first-order valence-corrected chi connectivity index (χ1v) is 4.81. The van der Waals surface area contributed by atoms with Gasteiger partial charge in [-0.1, -0.05) is 0 Å². The number of hydrogen-bond donors (Lipinski definition) is 2. The molecule has 5 nitrogen and oxygen atoms in total. The average molecular weight is 199 g/mol. The van der Waals surface area contributed by atoms with Gasteiger partial charge in [-0.2, -0.15) is 0 Å². The van der Waals surface area contributed by atoms with Crippen molar-refractivity contribution in [1.82, 2.24) is 15.5 Å². The molecule has 0 saturated heterocycles. The second-order valence-electron chi connectivity index (χ2n) is 3.58. The molecule has 1 rings (SSSR count). The van der Waals surface area contributed by atoms with Gasteiger partial charge in [-0.3, -0.25) is 9.59 Å². The van der Waals surface area contributed by atoms with Gasteiger partial charge in [0, 0.05) is 20.1 Å². The Kier molecular flexibility index (Phi) is 3.88.